The second-order valence-electron chi connectivity index (χ2n) is 4.73. The van der Waals surface area contributed by atoms with Gasteiger partial charge in [0.15, 0.2) is 0 Å². The Morgan fingerprint density at radius 3 is 2.71 bits per heavy atom. The highest BCUT2D eigenvalue weighted by atomic mass is 16.1. The molecule has 0 bridgehead atoms. The van der Waals surface area contributed by atoms with Crippen molar-refractivity contribution < 1.29 is 4.79 Å². The van der Waals surface area contributed by atoms with Crippen molar-refractivity contribution in [2.75, 3.05) is 25.0 Å². The summed E-state index contributed by atoms with van der Waals surface area (Å²) in [5.41, 5.74) is 2.50. The Labute approximate surface area is 103 Å². The smallest absolute Gasteiger partial charge is 0.224 e. The number of aryl methyl sites for hydroxylation is 1. The zero-order valence-electron chi connectivity index (χ0n) is 10.6. The van der Waals surface area contributed by atoms with Gasteiger partial charge in [-0.2, -0.15) is 0 Å². The first kappa shape index (κ1) is 12.0. The van der Waals surface area contributed by atoms with E-state index in [2.05, 4.69) is 41.4 Å². The lowest BCUT2D eigenvalue weighted by Gasteiger charge is -2.33. The molecule has 1 atom stereocenters. The van der Waals surface area contributed by atoms with E-state index in [0.29, 0.717) is 0 Å². The van der Waals surface area contributed by atoms with Gasteiger partial charge < -0.3 is 10.2 Å². The number of amides is 1. The molecule has 3 nitrogen and oxygen atoms in total. The lowest BCUT2D eigenvalue weighted by Crippen LogP contribution is -2.42. The molecule has 0 saturated carbocycles. The fourth-order valence-electron chi connectivity index (χ4n) is 2.39. The molecule has 0 spiro atoms. The highest BCUT2D eigenvalue weighted by Gasteiger charge is 2.24. The number of nitrogens with zero attached hydrogens (tertiary/aromatic N) is 1. The quantitative estimate of drug-likeness (QED) is 0.845. The number of carbonyl (C=O) groups is 1. The SMILES string of the molecule is CNC(=O)C1CCCN(c2ccc(C)cc2)C1. The van der Waals surface area contributed by atoms with Gasteiger partial charge >= 0.3 is 0 Å². The van der Waals surface area contributed by atoms with Gasteiger partial charge in [-0.05, 0) is 31.9 Å². The van der Waals surface area contributed by atoms with Crippen molar-refractivity contribution in [3.05, 3.63) is 29.8 Å². The minimum absolute atomic E-state index is 0.134. The third-order valence-corrected chi connectivity index (χ3v) is 3.44. The van der Waals surface area contributed by atoms with E-state index in [1.54, 1.807) is 7.05 Å². The molecule has 1 aromatic rings. The zero-order valence-corrected chi connectivity index (χ0v) is 10.6. The Hall–Kier alpha value is -1.51. The molecule has 2 rings (SSSR count). The van der Waals surface area contributed by atoms with Crippen molar-refractivity contribution in [1.82, 2.24) is 5.32 Å². The molecular formula is C14H20N2O. The van der Waals surface area contributed by atoms with Crippen molar-refractivity contribution in [2.24, 2.45) is 5.92 Å². The molecule has 1 saturated heterocycles. The molecule has 0 aromatic heterocycles. The fourth-order valence-corrected chi connectivity index (χ4v) is 2.39. The number of hydrogen-bond acceptors (Lipinski definition) is 2. The Balaban J connectivity index is 2.06. The number of piperidine rings is 1. The van der Waals surface area contributed by atoms with Gasteiger partial charge in [0, 0.05) is 25.8 Å². The number of hydrogen-bond donors (Lipinski definition) is 1. The predicted octanol–water partition coefficient (Wildman–Crippen LogP) is 1.96. The molecule has 1 unspecified atom stereocenters. The van der Waals surface area contributed by atoms with Crippen LogP contribution >= 0.6 is 0 Å². The van der Waals surface area contributed by atoms with Gasteiger partial charge in [0.1, 0.15) is 0 Å². The molecule has 1 aliphatic heterocycles. The first-order chi connectivity index (χ1) is 8.20. The average molecular weight is 232 g/mol. The van der Waals surface area contributed by atoms with Gasteiger partial charge in [-0.15, -0.1) is 0 Å². The standard InChI is InChI=1S/C14H20N2O/c1-11-5-7-13(8-6-11)16-9-3-4-12(10-16)14(17)15-2/h5-8,12H,3-4,9-10H2,1-2H3,(H,15,17). The maximum atomic E-state index is 11.7. The van der Waals surface area contributed by atoms with Crippen LogP contribution in [0.3, 0.4) is 0 Å². The largest absolute Gasteiger partial charge is 0.371 e. The van der Waals surface area contributed by atoms with Crippen molar-refractivity contribution in [1.29, 1.82) is 0 Å². The van der Waals surface area contributed by atoms with E-state index in [0.717, 1.165) is 25.9 Å². The van der Waals surface area contributed by atoms with E-state index in [-0.39, 0.29) is 11.8 Å². The van der Waals surface area contributed by atoms with Gasteiger partial charge in [-0.25, -0.2) is 0 Å². The monoisotopic (exact) mass is 232 g/mol. The Kier molecular flexibility index (Phi) is 3.67. The van der Waals surface area contributed by atoms with Crippen LogP contribution in [-0.2, 0) is 4.79 Å². The normalized spacial score (nSPS) is 20.1. The number of anilines is 1. The molecule has 17 heavy (non-hydrogen) atoms. The molecule has 92 valence electrons. The maximum Gasteiger partial charge on any atom is 0.224 e. The molecule has 1 amide bonds. The van der Waals surface area contributed by atoms with Crippen molar-refractivity contribution in [3.63, 3.8) is 0 Å². The predicted molar refractivity (Wildman–Crippen MR) is 70.2 cm³/mol. The zero-order chi connectivity index (χ0) is 12.3. The third-order valence-electron chi connectivity index (χ3n) is 3.44. The molecule has 0 aliphatic carbocycles. The fraction of sp³-hybridized carbons (Fsp3) is 0.500. The number of carbonyl (C=O) groups excluding carboxylic acids is 1. The summed E-state index contributed by atoms with van der Waals surface area (Å²) in [5.74, 6) is 0.303. The van der Waals surface area contributed by atoms with Crippen LogP contribution in [0, 0.1) is 12.8 Å². The number of rotatable bonds is 2. The minimum atomic E-state index is 0.134. The van der Waals surface area contributed by atoms with Gasteiger partial charge in [0.2, 0.25) is 5.91 Å². The molecule has 1 aromatic carbocycles. The van der Waals surface area contributed by atoms with Gasteiger partial charge in [-0.3, -0.25) is 4.79 Å². The summed E-state index contributed by atoms with van der Waals surface area (Å²) in [6, 6.07) is 8.53. The first-order valence-electron chi connectivity index (χ1n) is 6.24. The summed E-state index contributed by atoms with van der Waals surface area (Å²) in [7, 11) is 1.72. The van der Waals surface area contributed by atoms with E-state index < -0.39 is 0 Å². The lowest BCUT2D eigenvalue weighted by atomic mass is 9.96. The highest BCUT2D eigenvalue weighted by molar-refractivity contribution is 5.79. The van der Waals surface area contributed by atoms with Crippen molar-refractivity contribution >= 4 is 11.6 Å². The summed E-state index contributed by atoms with van der Waals surface area (Å²) in [6.45, 7) is 3.98. The van der Waals surface area contributed by atoms with Gasteiger partial charge in [0.25, 0.3) is 0 Å². The van der Waals surface area contributed by atoms with Crippen LogP contribution in [0.25, 0.3) is 0 Å². The molecule has 1 N–H and O–H groups in total. The summed E-state index contributed by atoms with van der Waals surface area (Å²) >= 11 is 0. The number of benzene rings is 1. The maximum absolute atomic E-state index is 11.7. The van der Waals surface area contributed by atoms with Gasteiger partial charge in [0.05, 0.1) is 5.92 Å². The minimum Gasteiger partial charge on any atom is -0.371 e. The average Bonchev–Trinajstić information content (AvgIpc) is 2.39. The first-order valence-corrected chi connectivity index (χ1v) is 6.24. The lowest BCUT2D eigenvalue weighted by molar-refractivity contribution is -0.124. The summed E-state index contributed by atoms with van der Waals surface area (Å²) in [4.78, 5) is 14.0. The van der Waals surface area contributed by atoms with Crippen LogP contribution in [0.15, 0.2) is 24.3 Å². The molecule has 1 heterocycles. The summed E-state index contributed by atoms with van der Waals surface area (Å²) in [6.07, 6.45) is 2.09. The van der Waals surface area contributed by atoms with E-state index in [9.17, 15) is 4.79 Å². The van der Waals surface area contributed by atoms with Crippen LogP contribution in [-0.4, -0.2) is 26.0 Å². The Morgan fingerprint density at radius 1 is 1.35 bits per heavy atom. The van der Waals surface area contributed by atoms with Crippen LogP contribution in [0.2, 0.25) is 0 Å². The third kappa shape index (κ3) is 2.78. The summed E-state index contributed by atoms with van der Waals surface area (Å²) < 4.78 is 0. The van der Waals surface area contributed by atoms with E-state index >= 15 is 0 Å². The van der Waals surface area contributed by atoms with Crippen molar-refractivity contribution in [2.45, 2.75) is 19.8 Å². The Morgan fingerprint density at radius 2 is 2.06 bits per heavy atom. The second kappa shape index (κ2) is 5.21. The molecule has 0 radical (unpaired) electrons. The Bertz CT molecular complexity index is 386. The summed E-state index contributed by atoms with van der Waals surface area (Å²) in [5, 5.41) is 2.75. The molecule has 1 fully saturated rings. The molecular weight excluding hydrogens is 212 g/mol. The van der Waals surface area contributed by atoms with E-state index in [4.69, 9.17) is 0 Å². The van der Waals surface area contributed by atoms with E-state index in [1.165, 1.54) is 11.3 Å². The van der Waals surface area contributed by atoms with Gasteiger partial charge in [-0.1, -0.05) is 17.7 Å². The second-order valence-corrected chi connectivity index (χ2v) is 4.73. The van der Waals surface area contributed by atoms with Crippen LogP contribution in [0.1, 0.15) is 18.4 Å². The van der Waals surface area contributed by atoms with Crippen LogP contribution in [0.4, 0.5) is 5.69 Å². The van der Waals surface area contributed by atoms with Crippen molar-refractivity contribution in [3.8, 4) is 0 Å². The van der Waals surface area contributed by atoms with Crippen LogP contribution in [0.5, 0.6) is 0 Å². The topological polar surface area (TPSA) is 32.3 Å². The number of nitrogens with one attached hydrogen (secondary N) is 1. The van der Waals surface area contributed by atoms with E-state index in [1.807, 2.05) is 0 Å². The molecule has 1 aliphatic rings. The van der Waals surface area contributed by atoms with Crippen LogP contribution < -0.4 is 10.2 Å². The highest BCUT2D eigenvalue weighted by Crippen LogP contribution is 2.23. The molecule has 3 heteroatoms.